The number of piperazine rings is 1. The number of rotatable bonds is 4. The Kier molecular flexibility index (Phi) is 4.69. The maximum Gasteiger partial charge on any atom is 0.251 e. The third-order valence-electron chi connectivity index (χ3n) is 4.33. The molecule has 9 heteroatoms. The highest BCUT2D eigenvalue weighted by Crippen LogP contribution is 2.19. The lowest BCUT2D eigenvalue weighted by Crippen LogP contribution is -2.52. The second-order valence-electron chi connectivity index (χ2n) is 5.76. The van der Waals surface area contributed by atoms with Gasteiger partial charge in [0.05, 0.1) is 6.20 Å². The predicted octanol–water partition coefficient (Wildman–Crippen LogP) is -0.0851. The molecule has 1 aromatic rings. The highest BCUT2D eigenvalue weighted by Gasteiger charge is 2.34. The smallest absolute Gasteiger partial charge is 0.251 e. The first-order valence-electron chi connectivity index (χ1n) is 7.95. The Hall–Kier alpha value is -1.45. The number of hydrogen-bond acceptors (Lipinski definition) is 5. The van der Waals surface area contributed by atoms with Gasteiger partial charge in [-0.05, 0) is 19.8 Å². The highest BCUT2D eigenvalue weighted by molar-refractivity contribution is 7.89. The molecule has 2 fully saturated rings. The van der Waals surface area contributed by atoms with Gasteiger partial charge in [-0.25, -0.2) is 8.42 Å². The highest BCUT2D eigenvalue weighted by atomic mass is 32.2. The van der Waals surface area contributed by atoms with Crippen LogP contribution in [0.4, 0.5) is 0 Å². The van der Waals surface area contributed by atoms with Crippen LogP contribution < -0.4 is 0 Å². The molecule has 3 rings (SSSR count). The Bertz CT molecular complexity index is 658. The van der Waals surface area contributed by atoms with E-state index in [9.17, 15) is 13.2 Å². The number of aromatic nitrogens is 2. The second-order valence-corrected chi connectivity index (χ2v) is 7.70. The predicted molar refractivity (Wildman–Crippen MR) is 82.2 cm³/mol. The molecule has 0 aliphatic carbocycles. The summed E-state index contributed by atoms with van der Waals surface area (Å²) in [6.45, 7) is 4.57. The molecule has 0 aromatic carbocycles. The van der Waals surface area contributed by atoms with Crippen molar-refractivity contribution in [3.05, 3.63) is 12.4 Å². The summed E-state index contributed by atoms with van der Waals surface area (Å²) >= 11 is 0. The van der Waals surface area contributed by atoms with E-state index in [-0.39, 0.29) is 16.9 Å². The van der Waals surface area contributed by atoms with Crippen molar-refractivity contribution in [1.29, 1.82) is 0 Å². The van der Waals surface area contributed by atoms with Crippen molar-refractivity contribution < 1.29 is 17.9 Å². The second kappa shape index (κ2) is 6.58. The molecule has 1 amide bonds. The van der Waals surface area contributed by atoms with E-state index in [2.05, 4.69) is 5.10 Å². The van der Waals surface area contributed by atoms with Crippen molar-refractivity contribution in [3.63, 3.8) is 0 Å². The van der Waals surface area contributed by atoms with E-state index in [4.69, 9.17) is 4.74 Å². The normalized spacial score (nSPS) is 23.3. The van der Waals surface area contributed by atoms with Crippen LogP contribution in [0.5, 0.6) is 0 Å². The van der Waals surface area contributed by atoms with Crippen LogP contribution in [-0.4, -0.2) is 72.2 Å². The maximum atomic E-state index is 12.6. The summed E-state index contributed by atoms with van der Waals surface area (Å²) in [5, 5.41) is 4.02. The molecule has 0 bridgehead atoms. The molecule has 2 aliphatic heterocycles. The van der Waals surface area contributed by atoms with Crippen LogP contribution in [-0.2, 0) is 26.1 Å². The van der Waals surface area contributed by atoms with Crippen molar-refractivity contribution >= 4 is 15.9 Å². The number of amides is 1. The number of sulfonamides is 1. The van der Waals surface area contributed by atoms with Gasteiger partial charge in [0.15, 0.2) is 0 Å². The van der Waals surface area contributed by atoms with Crippen molar-refractivity contribution in [2.75, 3.05) is 32.8 Å². The first-order valence-corrected chi connectivity index (χ1v) is 9.39. The molecule has 3 heterocycles. The fourth-order valence-corrected chi connectivity index (χ4v) is 4.30. The SMILES string of the molecule is CCn1cc(S(=O)(=O)N2CCN(C(=O)[C@@H]3CCCO3)CC2)cn1. The summed E-state index contributed by atoms with van der Waals surface area (Å²) in [6, 6.07) is 0. The minimum absolute atomic E-state index is 0.0154. The van der Waals surface area contributed by atoms with Gasteiger partial charge >= 0.3 is 0 Å². The van der Waals surface area contributed by atoms with Gasteiger partial charge in [0.2, 0.25) is 10.0 Å². The summed E-state index contributed by atoms with van der Waals surface area (Å²) in [7, 11) is -3.54. The Labute approximate surface area is 136 Å². The van der Waals surface area contributed by atoms with Gasteiger partial charge in [-0.1, -0.05) is 0 Å². The van der Waals surface area contributed by atoms with E-state index >= 15 is 0 Å². The third-order valence-corrected chi connectivity index (χ3v) is 6.18. The fourth-order valence-electron chi connectivity index (χ4n) is 2.92. The van der Waals surface area contributed by atoms with Crippen LogP contribution >= 0.6 is 0 Å². The summed E-state index contributed by atoms with van der Waals surface area (Å²) in [5.41, 5.74) is 0. The molecular formula is C14H22N4O4S. The number of nitrogens with zero attached hydrogens (tertiary/aromatic N) is 4. The lowest BCUT2D eigenvalue weighted by atomic mass is 10.2. The molecule has 2 aliphatic rings. The zero-order valence-electron chi connectivity index (χ0n) is 13.2. The summed E-state index contributed by atoms with van der Waals surface area (Å²) < 4.78 is 33.6. The van der Waals surface area contributed by atoms with E-state index in [0.717, 1.165) is 12.8 Å². The zero-order valence-corrected chi connectivity index (χ0v) is 14.0. The zero-order chi connectivity index (χ0) is 16.4. The molecule has 128 valence electrons. The van der Waals surface area contributed by atoms with E-state index in [1.807, 2.05) is 6.92 Å². The van der Waals surface area contributed by atoms with Crippen LogP contribution in [0.2, 0.25) is 0 Å². The van der Waals surface area contributed by atoms with Crippen LogP contribution in [0.25, 0.3) is 0 Å². The van der Waals surface area contributed by atoms with Crippen molar-refractivity contribution in [2.24, 2.45) is 0 Å². The Morgan fingerprint density at radius 3 is 2.65 bits per heavy atom. The average molecular weight is 342 g/mol. The Morgan fingerprint density at radius 2 is 2.09 bits per heavy atom. The fraction of sp³-hybridized carbons (Fsp3) is 0.714. The number of carbonyl (C=O) groups is 1. The van der Waals surface area contributed by atoms with Crippen molar-refractivity contribution in [1.82, 2.24) is 19.0 Å². The molecular weight excluding hydrogens is 320 g/mol. The first kappa shape index (κ1) is 16.4. The van der Waals surface area contributed by atoms with E-state index in [0.29, 0.717) is 39.3 Å². The molecule has 8 nitrogen and oxygen atoms in total. The van der Waals surface area contributed by atoms with Gasteiger partial charge in [-0.15, -0.1) is 0 Å². The first-order chi connectivity index (χ1) is 11.0. The van der Waals surface area contributed by atoms with E-state index in [1.54, 1.807) is 15.8 Å². The summed E-state index contributed by atoms with van der Waals surface area (Å²) in [6.07, 6.45) is 4.24. The van der Waals surface area contributed by atoms with Crippen molar-refractivity contribution in [3.8, 4) is 0 Å². The molecule has 0 radical (unpaired) electrons. The number of carbonyl (C=O) groups excluding carboxylic acids is 1. The van der Waals surface area contributed by atoms with Crippen molar-refractivity contribution in [2.45, 2.75) is 37.3 Å². The van der Waals surface area contributed by atoms with Crippen LogP contribution in [0.15, 0.2) is 17.3 Å². The monoisotopic (exact) mass is 342 g/mol. The third kappa shape index (κ3) is 3.26. The topological polar surface area (TPSA) is 84.7 Å². The molecule has 0 unspecified atom stereocenters. The Balaban J connectivity index is 1.62. The minimum Gasteiger partial charge on any atom is -0.368 e. The van der Waals surface area contributed by atoms with Crippen LogP contribution in [0, 0.1) is 0 Å². The van der Waals surface area contributed by atoms with Gasteiger partial charge in [0.1, 0.15) is 11.0 Å². The molecule has 0 spiro atoms. The summed E-state index contributed by atoms with van der Waals surface area (Å²) in [4.78, 5) is 14.2. The Morgan fingerprint density at radius 1 is 1.35 bits per heavy atom. The maximum absolute atomic E-state index is 12.6. The number of hydrogen-bond donors (Lipinski definition) is 0. The molecule has 1 atom stereocenters. The molecule has 1 aromatic heterocycles. The molecule has 0 saturated carbocycles. The van der Waals surface area contributed by atoms with E-state index in [1.165, 1.54) is 10.5 Å². The van der Waals surface area contributed by atoms with Gasteiger partial charge in [0.25, 0.3) is 5.91 Å². The van der Waals surface area contributed by atoms with Crippen LogP contribution in [0.3, 0.4) is 0 Å². The molecule has 0 N–H and O–H groups in total. The lowest BCUT2D eigenvalue weighted by molar-refractivity contribution is -0.142. The quantitative estimate of drug-likeness (QED) is 0.764. The molecule has 23 heavy (non-hydrogen) atoms. The van der Waals surface area contributed by atoms with Gasteiger partial charge in [0, 0.05) is 45.5 Å². The lowest BCUT2D eigenvalue weighted by Gasteiger charge is -2.34. The van der Waals surface area contributed by atoms with Gasteiger partial charge in [-0.3, -0.25) is 9.48 Å². The molecule has 2 saturated heterocycles. The van der Waals surface area contributed by atoms with Crippen LogP contribution in [0.1, 0.15) is 19.8 Å². The van der Waals surface area contributed by atoms with Gasteiger partial charge < -0.3 is 9.64 Å². The largest absolute Gasteiger partial charge is 0.368 e. The number of ether oxygens (including phenoxy) is 1. The summed E-state index contributed by atoms with van der Waals surface area (Å²) in [5.74, 6) is -0.0154. The minimum atomic E-state index is -3.54. The average Bonchev–Trinajstić information content (AvgIpc) is 3.25. The van der Waals surface area contributed by atoms with E-state index < -0.39 is 10.0 Å². The number of aryl methyl sites for hydroxylation is 1. The standard InChI is InChI=1S/C14H22N4O4S/c1-2-17-11-12(10-15-17)23(20,21)18-7-5-16(6-8-18)14(19)13-4-3-9-22-13/h10-11,13H,2-9H2,1H3/t13-/m0/s1. The van der Waals surface area contributed by atoms with Gasteiger partial charge in [-0.2, -0.15) is 9.40 Å².